The predicted molar refractivity (Wildman–Crippen MR) is 92.2 cm³/mol. The largest absolute Gasteiger partial charge is 0.494 e. The van der Waals surface area contributed by atoms with E-state index in [4.69, 9.17) is 9.47 Å². The van der Waals surface area contributed by atoms with Crippen molar-refractivity contribution in [3.05, 3.63) is 50.2 Å². The summed E-state index contributed by atoms with van der Waals surface area (Å²) < 4.78 is 10.2. The van der Waals surface area contributed by atoms with E-state index in [0.29, 0.717) is 4.88 Å². The lowest BCUT2D eigenvalue weighted by Crippen LogP contribution is -2.29. The number of non-ortho nitro benzene ring substituents is 1. The zero-order valence-corrected chi connectivity index (χ0v) is 14.6. The average Bonchev–Trinajstić information content (AvgIpc) is 3.01. The molecule has 25 heavy (non-hydrogen) atoms. The molecule has 1 heterocycles. The Bertz CT molecular complexity index is 817. The minimum absolute atomic E-state index is 0.134. The first-order valence-electron chi connectivity index (χ1n) is 7.22. The van der Waals surface area contributed by atoms with Crippen LogP contribution in [0.4, 0.5) is 11.4 Å². The summed E-state index contributed by atoms with van der Waals surface area (Å²) in [6.07, 6.45) is -1.05. The molecule has 0 saturated carbocycles. The summed E-state index contributed by atoms with van der Waals surface area (Å²) in [5.41, 5.74) is 0.0790. The number of thiophene rings is 1. The minimum Gasteiger partial charge on any atom is -0.494 e. The highest BCUT2D eigenvalue weighted by Crippen LogP contribution is 2.29. The molecule has 0 aliphatic heterocycles. The number of amides is 1. The molecular formula is C16H16N2O6S. The van der Waals surface area contributed by atoms with Gasteiger partial charge in [-0.15, -0.1) is 11.3 Å². The van der Waals surface area contributed by atoms with Crippen molar-refractivity contribution in [3.63, 3.8) is 0 Å². The van der Waals surface area contributed by atoms with Gasteiger partial charge in [0.05, 0.1) is 23.8 Å². The van der Waals surface area contributed by atoms with Gasteiger partial charge in [0.15, 0.2) is 6.10 Å². The van der Waals surface area contributed by atoms with Crippen molar-refractivity contribution >= 4 is 34.6 Å². The maximum Gasteiger partial charge on any atom is 0.349 e. The standard InChI is InChI=1S/C16H16N2O6S/c1-9-4-7-14(25-9)16(20)24-10(2)15(19)17-12-6-5-11(18(21)22)8-13(12)23-3/h4-8,10H,1-3H3,(H,17,19)/t10-/m0/s1. The number of benzene rings is 1. The van der Waals surface area contributed by atoms with E-state index < -0.39 is 22.9 Å². The third-order valence-corrected chi connectivity index (χ3v) is 4.23. The summed E-state index contributed by atoms with van der Waals surface area (Å²) in [4.78, 5) is 35.7. The summed E-state index contributed by atoms with van der Waals surface area (Å²) in [5.74, 6) is -1.03. The van der Waals surface area contributed by atoms with Crippen LogP contribution in [0.5, 0.6) is 5.75 Å². The first-order valence-corrected chi connectivity index (χ1v) is 8.04. The number of carbonyl (C=O) groups excluding carboxylic acids is 2. The summed E-state index contributed by atoms with van der Waals surface area (Å²) in [7, 11) is 1.33. The van der Waals surface area contributed by atoms with Crippen LogP contribution in [0.1, 0.15) is 21.5 Å². The second-order valence-electron chi connectivity index (χ2n) is 5.09. The highest BCUT2D eigenvalue weighted by molar-refractivity contribution is 7.13. The van der Waals surface area contributed by atoms with Crippen LogP contribution < -0.4 is 10.1 Å². The van der Waals surface area contributed by atoms with E-state index in [1.54, 1.807) is 12.1 Å². The number of nitrogens with one attached hydrogen (secondary N) is 1. The van der Waals surface area contributed by atoms with E-state index in [-0.39, 0.29) is 17.1 Å². The van der Waals surface area contributed by atoms with Gasteiger partial charge in [0.1, 0.15) is 10.6 Å². The predicted octanol–water partition coefficient (Wildman–Crippen LogP) is 3.16. The minimum atomic E-state index is -1.05. The first kappa shape index (κ1) is 18.4. The number of hydrogen-bond acceptors (Lipinski definition) is 7. The van der Waals surface area contributed by atoms with Gasteiger partial charge in [0, 0.05) is 10.9 Å². The maximum atomic E-state index is 12.2. The van der Waals surface area contributed by atoms with Crippen LogP contribution in [0, 0.1) is 17.0 Å². The Kier molecular flexibility index (Phi) is 5.71. The Morgan fingerprint density at radius 3 is 2.56 bits per heavy atom. The number of hydrogen-bond donors (Lipinski definition) is 1. The van der Waals surface area contributed by atoms with Gasteiger partial charge in [-0.05, 0) is 32.0 Å². The number of aryl methyl sites for hydroxylation is 1. The van der Waals surface area contributed by atoms with Crippen LogP contribution in [0.25, 0.3) is 0 Å². The lowest BCUT2D eigenvalue weighted by molar-refractivity contribution is -0.384. The van der Waals surface area contributed by atoms with Gasteiger partial charge in [-0.25, -0.2) is 4.79 Å². The summed E-state index contributed by atoms with van der Waals surface area (Å²) in [5, 5.41) is 13.3. The molecule has 8 nitrogen and oxygen atoms in total. The molecule has 0 spiro atoms. The number of carbonyl (C=O) groups is 2. The van der Waals surface area contributed by atoms with Crippen LogP contribution in [-0.2, 0) is 9.53 Å². The van der Waals surface area contributed by atoms with Crippen molar-refractivity contribution in [2.45, 2.75) is 20.0 Å². The number of methoxy groups -OCH3 is 1. The van der Waals surface area contributed by atoms with Crippen molar-refractivity contribution in [1.29, 1.82) is 0 Å². The van der Waals surface area contributed by atoms with Crippen LogP contribution >= 0.6 is 11.3 Å². The van der Waals surface area contributed by atoms with E-state index in [2.05, 4.69) is 5.32 Å². The maximum absolute atomic E-state index is 12.2. The van der Waals surface area contributed by atoms with E-state index in [1.807, 2.05) is 6.92 Å². The number of anilines is 1. The van der Waals surface area contributed by atoms with E-state index in [9.17, 15) is 19.7 Å². The molecule has 2 aromatic rings. The van der Waals surface area contributed by atoms with Crippen LogP contribution in [0.3, 0.4) is 0 Å². The van der Waals surface area contributed by atoms with E-state index in [1.165, 1.54) is 43.6 Å². The van der Waals surface area contributed by atoms with Crippen molar-refractivity contribution in [1.82, 2.24) is 0 Å². The van der Waals surface area contributed by atoms with Crippen LogP contribution in [-0.4, -0.2) is 30.0 Å². The molecule has 1 amide bonds. The number of nitro groups is 1. The summed E-state index contributed by atoms with van der Waals surface area (Å²) >= 11 is 1.27. The van der Waals surface area contributed by atoms with E-state index in [0.717, 1.165) is 4.88 Å². The smallest absolute Gasteiger partial charge is 0.349 e. The summed E-state index contributed by atoms with van der Waals surface area (Å²) in [6.45, 7) is 3.30. The second kappa shape index (κ2) is 7.75. The molecule has 0 aliphatic carbocycles. The van der Waals surface area contributed by atoms with Crippen LogP contribution in [0.2, 0.25) is 0 Å². The molecule has 0 saturated heterocycles. The lowest BCUT2D eigenvalue weighted by Gasteiger charge is -2.14. The number of rotatable bonds is 6. The van der Waals surface area contributed by atoms with Gasteiger partial charge in [-0.1, -0.05) is 0 Å². The van der Waals surface area contributed by atoms with Gasteiger partial charge in [-0.2, -0.15) is 0 Å². The molecule has 1 atom stereocenters. The number of ether oxygens (including phenoxy) is 2. The number of esters is 1. The number of nitro benzene ring substituents is 1. The Hall–Kier alpha value is -2.94. The quantitative estimate of drug-likeness (QED) is 0.479. The molecule has 0 unspecified atom stereocenters. The number of nitrogens with zero attached hydrogens (tertiary/aromatic N) is 1. The summed E-state index contributed by atoms with van der Waals surface area (Å²) in [6, 6.07) is 7.20. The molecule has 0 fully saturated rings. The molecule has 0 bridgehead atoms. The normalized spacial score (nSPS) is 11.5. The topological polar surface area (TPSA) is 108 Å². The van der Waals surface area contributed by atoms with Gasteiger partial charge in [-0.3, -0.25) is 14.9 Å². The molecule has 2 rings (SSSR count). The van der Waals surface area contributed by atoms with Crippen molar-refractivity contribution in [2.75, 3.05) is 12.4 Å². The fourth-order valence-corrected chi connectivity index (χ4v) is 2.70. The molecule has 1 aromatic carbocycles. The highest BCUT2D eigenvalue weighted by atomic mass is 32.1. The second-order valence-corrected chi connectivity index (χ2v) is 6.38. The SMILES string of the molecule is COc1cc([N+](=O)[O-])ccc1NC(=O)[C@H](C)OC(=O)c1ccc(C)s1. The fourth-order valence-electron chi connectivity index (χ4n) is 1.95. The zero-order chi connectivity index (χ0) is 18.6. The molecule has 0 aliphatic rings. The average molecular weight is 364 g/mol. The Morgan fingerprint density at radius 1 is 1.28 bits per heavy atom. The Balaban J connectivity index is 2.05. The van der Waals surface area contributed by atoms with Gasteiger partial charge >= 0.3 is 5.97 Å². The zero-order valence-electron chi connectivity index (χ0n) is 13.8. The monoisotopic (exact) mass is 364 g/mol. The van der Waals surface area contributed by atoms with Crippen molar-refractivity contribution in [3.8, 4) is 5.75 Å². The van der Waals surface area contributed by atoms with Gasteiger partial charge in [0.25, 0.3) is 11.6 Å². The van der Waals surface area contributed by atoms with E-state index >= 15 is 0 Å². The molecule has 9 heteroatoms. The van der Waals surface area contributed by atoms with Crippen molar-refractivity contribution in [2.24, 2.45) is 0 Å². The molecule has 132 valence electrons. The van der Waals surface area contributed by atoms with Crippen LogP contribution in [0.15, 0.2) is 30.3 Å². The molecule has 1 aromatic heterocycles. The van der Waals surface area contributed by atoms with Gasteiger partial charge in [0.2, 0.25) is 0 Å². The molecule has 1 N–H and O–H groups in total. The molecule has 0 radical (unpaired) electrons. The third-order valence-electron chi connectivity index (χ3n) is 3.25. The fraction of sp³-hybridized carbons (Fsp3) is 0.250. The molecular weight excluding hydrogens is 348 g/mol. The van der Waals surface area contributed by atoms with Crippen molar-refractivity contribution < 1.29 is 24.0 Å². The highest BCUT2D eigenvalue weighted by Gasteiger charge is 2.21. The lowest BCUT2D eigenvalue weighted by atomic mass is 10.2. The Labute approximate surface area is 147 Å². The third kappa shape index (κ3) is 4.54. The first-order chi connectivity index (χ1) is 11.8. The van der Waals surface area contributed by atoms with Gasteiger partial charge < -0.3 is 14.8 Å². The Morgan fingerprint density at radius 2 is 2.00 bits per heavy atom.